The van der Waals surface area contributed by atoms with Crippen LogP contribution in [0.1, 0.15) is 30.2 Å². The molecule has 1 nitrogen and oxygen atoms in total. The van der Waals surface area contributed by atoms with Gasteiger partial charge in [0.25, 0.3) is 0 Å². The second-order valence-corrected chi connectivity index (χ2v) is 5.56. The minimum absolute atomic E-state index is 0.221. The van der Waals surface area contributed by atoms with Crippen molar-refractivity contribution >= 4 is 11.3 Å². The number of nitrogens with two attached hydrogens (primary N) is 1. The number of hydrogen-bond donors (Lipinski definition) is 1. The summed E-state index contributed by atoms with van der Waals surface area (Å²) in [6.07, 6.45) is 3.06. The van der Waals surface area contributed by atoms with Gasteiger partial charge in [-0.3, -0.25) is 0 Å². The summed E-state index contributed by atoms with van der Waals surface area (Å²) in [6, 6.07) is 14.7. The summed E-state index contributed by atoms with van der Waals surface area (Å²) < 4.78 is 0. The van der Waals surface area contributed by atoms with E-state index in [1.807, 2.05) is 6.07 Å². The summed E-state index contributed by atoms with van der Waals surface area (Å²) in [5, 5.41) is 2.12. The first-order valence-corrected chi connectivity index (χ1v) is 6.99. The van der Waals surface area contributed by atoms with E-state index in [0.29, 0.717) is 0 Å². The van der Waals surface area contributed by atoms with Crippen molar-refractivity contribution in [2.45, 2.75) is 31.7 Å². The molecule has 90 valence electrons. The Labute approximate surface area is 107 Å². The van der Waals surface area contributed by atoms with Gasteiger partial charge < -0.3 is 5.73 Å². The molecular formula is C15H19NS. The molecule has 0 aliphatic rings. The van der Waals surface area contributed by atoms with Gasteiger partial charge in [-0.25, -0.2) is 0 Å². The highest BCUT2D eigenvalue weighted by Crippen LogP contribution is 2.29. The summed E-state index contributed by atoms with van der Waals surface area (Å²) >= 11 is 1.79. The fraction of sp³-hybridized carbons (Fsp3) is 0.333. The number of hydrogen-bond acceptors (Lipinski definition) is 2. The van der Waals surface area contributed by atoms with Crippen molar-refractivity contribution < 1.29 is 0 Å². The van der Waals surface area contributed by atoms with Crippen LogP contribution in [0.2, 0.25) is 0 Å². The third-order valence-electron chi connectivity index (χ3n) is 3.11. The maximum absolute atomic E-state index is 6.63. The molecule has 2 aromatic rings. The van der Waals surface area contributed by atoms with Gasteiger partial charge in [0.05, 0.1) is 0 Å². The van der Waals surface area contributed by atoms with Crippen molar-refractivity contribution in [2.75, 3.05) is 0 Å². The van der Waals surface area contributed by atoms with Gasteiger partial charge in [-0.05, 0) is 23.4 Å². The van der Waals surface area contributed by atoms with E-state index in [1.165, 1.54) is 10.4 Å². The summed E-state index contributed by atoms with van der Waals surface area (Å²) in [5.74, 6) is 0. The lowest BCUT2D eigenvalue weighted by atomic mass is 9.83. The zero-order chi connectivity index (χ0) is 12.1. The normalized spacial score (nSPS) is 14.5. The Morgan fingerprint density at radius 1 is 1.12 bits per heavy atom. The van der Waals surface area contributed by atoms with Gasteiger partial charge >= 0.3 is 0 Å². The molecule has 0 bridgehead atoms. The largest absolute Gasteiger partial charge is 0.321 e. The first-order chi connectivity index (χ1) is 8.24. The van der Waals surface area contributed by atoms with E-state index in [1.54, 1.807) is 11.3 Å². The zero-order valence-corrected chi connectivity index (χ0v) is 11.0. The van der Waals surface area contributed by atoms with Gasteiger partial charge in [0, 0.05) is 16.8 Å². The van der Waals surface area contributed by atoms with Crippen molar-refractivity contribution in [1.29, 1.82) is 0 Å². The molecule has 1 atom stereocenters. The number of rotatable bonds is 5. The van der Waals surface area contributed by atoms with Crippen molar-refractivity contribution in [3.63, 3.8) is 0 Å². The molecule has 0 aliphatic carbocycles. The third kappa shape index (κ3) is 2.96. The monoisotopic (exact) mass is 245 g/mol. The predicted octanol–water partition coefficient (Wildman–Crippen LogP) is 3.94. The van der Waals surface area contributed by atoms with Crippen LogP contribution in [0.3, 0.4) is 0 Å². The van der Waals surface area contributed by atoms with E-state index in [9.17, 15) is 0 Å². The van der Waals surface area contributed by atoms with Crippen LogP contribution in [0, 0.1) is 0 Å². The lowest BCUT2D eigenvalue weighted by Gasteiger charge is -2.29. The molecule has 17 heavy (non-hydrogen) atoms. The van der Waals surface area contributed by atoms with Gasteiger partial charge in [0.2, 0.25) is 0 Å². The minimum atomic E-state index is -0.221. The Morgan fingerprint density at radius 3 is 2.47 bits per heavy atom. The van der Waals surface area contributed by atoms with E-state index < -0.39 is 0 Å². The van der Waals surface area contributed by atoms with Gasteiger partial charge in [0.15, 0.2) is 0 Å². The Hall–Kier alpha value is -1.12. The third-order valence-corrected chi connectivity index (χ3v) is 3.99. The molecule has 0 radical (unpaired) electrons. The van der Waals surface area contributed by atoms with Crippen LogP contribution in [-0.4, -0.2) is 0 Å². The van der Waals surface area contributed by atoms with Crippen LogP contribution in [0.5, 0.6) is 0 Å². The first kappa shape index (κ1) is 12.3. The van der Waals surface area contributed by atoms with E-state index >= 15 is 0 Å². The predicted molar refractivity (Wildman–Crippen MR) is 75.2 cm³/mol. The van der Waals surface area contributed by atoms with E-state index in [-0.39, 0.29) is 5.54 Å². The number of benzene rings is 1. The van der Waals surface area contributed by atoms with E-state index in [0.717, 1.165) is 19.3 Å². The topological polar surface area (TPSA) is 26.0 Å². The Morgan fingerprint density at radius 2 is 1.88 bits per heavy atom. The van der Waals surface area contributed by atoms with Crippen LogP contribution in [0.25, 0.3) is 0 Å². The van der Waals surface area contributed by atoms with Crippen molar-refractivity contribution in [3.05, 3.63) is 58.3 Å². The Bertz CT molecular complexity index is 435. The fourth-order valence-corrected chi connectivity index (χ4v) is 3.11. The molecule has 0 saturated heterocycles. The highest BCUT2D eigenvalue weighted by atomic mass is 32.1. The molecule has 1 unspecified atom stereocenters. The highest BCUT2D eigenvalue weighted by molar-refractivity contribution is 7.09. The zero-order valence-electron chi connectivity index (χ0n) is 10.2. The average Bonchev–Trinajstić information content (AvgIpc) is 2.83. The molecule has 1 aromatic heterocycles. The molecule has 0 spiro atoms. The van der Waals surface area contributed by atoms with E-state index in [2.05, 4.69) is 48.7 Å². The fourth-order valence-electron chi connectivity index (χ4n) is 2.28. The van der Waals surface area contributed by atoms with Crippen LogP contribution in [0.15, 0.2) is 47.8 Å². The molecule has 0 amide bonds. The molecule has 2 heteroatoms. The SMILES string of the molecule is CCCC(N)(Cc1cccs1)c1ccccc1. The van der Waals surface area contributed by atoms with Crippen molar-refractivity contribution in [2.24, 2.45) is 5.73 Å². The summed E-state index contributed by atoms with van der Waals surface area (Å²) in [5.41, 5.74) is 7.65. The van der Waals surface area contributed by atoms with Crippen LogP contribution >= 0.6 is 11.3 Å². The molecular weight excluding hydrogens is 226 g/mol. The Kier molecular flexibility index (Phi) is 3.97. The maximum atomic E-state index is 6.63. The quantitative estimate of drug-likeness (QED) is 0.848. The smallest absolute Gasteiger partial charge is 0.0458 e. The summed E-state index contributed by atoms with van der Waals surface area (Å²) in [6.45, 7) is 2.19. The lowest BCUT2D eigenvalue weighted by molar-refractivity contribution is 0.403. The summed E-state index contributed by atoms with van der Waals surface area (Å²) in [7, 11) is 0. The molecule has 2 rings (SSSR count). The van der Waals surface area contributed by atoms with Crippen LogP contribution < -0.4 is 5.73 Å². The molecule has 0 saturated carbocycles. The Balaban J connectivity index is 2.26. The van der Waals surface area contributed by atoms with Gasteiger partial charge in [-0.1, -0.05) is 49.7 Å². The molecule has 1 aromatic carbocycles. The summed E-state index contributed by atoms with van der Waals surface area (Å²) in [4.78, 5) is 1.37. The first-order valence-electron chi connectivity index (χ1n) is 6.11. The second-order valence-electron chi connectivity index (χ2n) is 4.53. The van der Waals surface area contributed by atoms with Gasteiger partial charge in [0.1, 0.15) is 0 Å². The highest BCUT2D eigenvalue weighted by Gasteiger charge is 2.26. The van der Waals surface area contributed by atoms with Crippen LogP contribution in [0.4, 0.5) is 0 Å². The minimum Gasteiger partial charge on any atom is -0.321 e. The van der Waals surface area contributed by atoms with Gasteiger partial charge in [-0.2, -0.15) is 0 Å². The van der Waals surface area contributed by atoms with Crippen LogP contribution in [-0.2, 0) is 12.0 Å². The number of thiophene rings is 1. The standard InChI is InChI=1S/C15H19NS/c1-2-10-15(16,12-14-9-6-11-17-14)13-7-4-3-5-8-13/h3-9,11H,2,10,12,16H2,1H3. The molecule has 0 aliphatic heterocycles. The molecule has 2 N–H and O–H groups in total. The average molecular weight is 245 g/mol. The molecule has 1 heterocycles. The lowest BCUT2D eigenvalue weighted by Crippen LogP contribution is -2.38. The van der Waals surface area contributed by atoms with Gasteiger partial charge in [-0.15, -0.1) is 11.3 Å². The van der Waals surface area contributed by atoms with Crippen molar-refractivity contribution in [3.8, 4) is 0 Å². The second kappa shape index (κ2) is 5.48. The van der Waals surface area contributed by atoms with Crippen molar-refractivity contribution in [1.82, 2.24) is 0 Å². The molecule has 0 fully saturated rings. The van der Waals surface area contributed by atoms with E-state index in [4.69, 9.17) is 5.73 Å². The maximum Gasteiger partial charge on any atom is 0.0458 e.